The number of hydrogen-bond donors (Lipinski definition) is 1. The molecule has 2 unspecified atom stereocenters. The Labute approximate surface area is 106 Å². The Morgan fingerprint density at radius 2 is 2.53 bits per heavy atom. The van der Waals surface area contributed by atoms with E-state index in [4.69, 9.17) is 4.74 Å². The van der Waals surface area contributed by atoms with Gasteiger partial charge in [0.2, 0.25) is 5.91 Å². The molecule has 1 aromatic heterocycles. The van der Waals surface area contributed by atoms with E-state index in [-0.39, 0.29) is 18.1 Å². The number of rotatable bonds is 5. The highest BCUT2D eigenvalue weighted by atomic mass is 32.1. The summed E-state index contributed by atoms with van der Waals surface area (Å²) in [5, 5.41) is 5.28. The number of amides is 1. The first-order valence-electron chi connectivity index (χ1n) is 5.89. The Morgan fingerprint density at radius 3 is 3.18 bits per heavy atom. The molecule has 2 heterocycles. The van der Waals surface area contributed by atoms with Gasteiger partial charge in [0.25, 0.3) is 0 Å². The van der Waals surface area contributed by atoms with E-state index in [1.165, 1.54) is 4.88 Å². The Hall–Kier alpha value is -0.910. The maximum absolute atomic E-state index is 11.9. The highest BCUT2D eigenvalue weighted by Crippen LogP contribution is 2.28. The first kappa shape index (κ1) is 12.5. The molecule has 17 heavy (non-hydrogen) atoms. The number of hydrogen-bond acceptors (Lipinski definition) is 4. The van der Waals surface area contributed by atoms with Crippen molar-refractivity contribution in [3.8, 4) is 0 Å². The lowest BCUT2D eigenvalue weighted by Crippen LogP contribution is -2.40. The van der Waals surface area contributed by atoms with E-state index in [1.807, 2.05) is 30.2 Å². The molecular weight excluding hydrogens is 236 g/mol. The molecule has 1 fully saturated rings. The van der Waals surface area contributed by atoms with Crippen molar-refractivity contribution in [1.82, 2.24) is 10.2 Å². The van der Waals surface area contributed by atoms with Gasteiger partial charge in [-0.3, -0.25) is 10.1 Å². The zero-order valence-electron chi connectivity index (χ0n) is 10.2. The van der Waals surface area contributed by atoms with Crippen LogP contribution in [0, 0.1) is 0 Å². The molecule has 2 atom stereocenters. The Balaban J connectivity index is 2.09. The molecule has 1 aromatic rings. The van der Waals surface area contributed by atoms with E-state index in [9.17, 15) is 4.79 Å². The predicted molar refractivity (Wildman–Crippen MR) is 67.9 cm³/mol. The quantitative estimate of drug-likeness (QED) is 0.868. The average molecular weight is 254 g/mol. The fourth-order valence-corrected chi connectivity index (χ4v) is 2.87. The van der Waals surface area contributed by atoms with Crippen LogP contribution in [0.15, 0.2) is 17.5 Å². The smallest absolute Gasteiger partial charge is 0.238 e. The summed E-state index contributed by atoms with van der Waals surface area (Å²) in [5.41, 5.74) is 0. The Morgan fingerprint density at radius 1 is 1.71 bits per heavy atom. The van der Waals surface area contributed by atoms with Crippen molar-refractivity contribution >= 4 is 17.2 Å². The largest absolute Gasteiger partial charge is 0.380 e. The van der Waals surface area contributed by atoms with Gasteiger partial charge in [-0.1, -0.05) is 6.07 Å². The molecule has 0 aromatic carbocycles. The monoisotopic (exact) mass is 254 g/mol. The van der Waals surface area contributed by atoms with Gasteiger partial charge in [0.15, 0.2) is 0 Å². The molecule has 1 amide bonds. The van der Waals surface area contributed by atoms with Crippen LogP contribution < -0.4 is 5.32 Å². The number of ether oxygens (including phenoxy) is 1. The van der Waals surface area contributed by atoms with Crippen LogP contribution in [-0.4, -0.2) is 36.6 Å². The summed E-state index contributed by atoms with van der Waals surface area (Å²) in [6.45, 7) is 5.68. The molecule has 1 saturated heterocycles. The highest BCUT2D eigenvalue weighted by molar-refractivity contribution is 7.10. The van der Waals surface area contributed by atoms with Crippen LogP contribution in [0.2, 0.25) is 0 Å². The zero-order valence-corrected chi connectivity index (χ0v) is 11.0. The molecule has 0 bridgehead atoms. The molecule has 4 nitrogen and oxygen atoms in total. The summed E-state index contributed by atoms with van der Waals surface area (Å²) in [4.78, 5) is 15.0. The molecule has 5 heteroatoms. The minimum Gasteiger partial charge on any atom is -0.380 e. The molecular formula is C12H18N2O2S. The van der Waals surface area contributed by atoms with E-state index in [1.54, 1.807) is 11.3 Å². The lowest BCUT2D eigenvalue weighted by Gasteiger charge is -2.29. The van der Waals surface area contributed by atoms with Crippen molar-refractivity contribution in [3.63, 3.8) is 0 Å². The van der Waals surface area contributed by atoms with Crippen LogP contribution in [0.5, 0.6) is 0 Å². The molecule has 0 spiro atoms. The summed E-state index contributed by atoms with van der Waals surface area (Å²) >= 11 is 1.67. The number of nitrogens with zero attached hydrogens (tertiary/aromatic N) is 1. The maximum atomic E-state index is 11.9. The second-order valence-corrected chi connectivity index (χ2v) is 5.09. The number of carbonyl (C=O) groups excluding carboxylic acids is 1. The van der Waals surface area contributed by atoms with Crippen molar-refractivity contribution in [2.24, 2.45) is 0 Å². The fraction of sp³-hybridized carbons (Fsp3) is 0.583. The minimum absolute atomic E-state index is 0.0120. The van der Waals surface area contributed by atoms with Crippen molar-refractivity contribution in [1.29, 1.82) is 0 Å². The summed E-state index contributed by atoms with van der Waals surface area (Å²) in [6, 6.07) is 4.17. The van der Waals surface area contributed by atoms with Gasteiger partial charge in [-0.15, -0.1) is 11.3 Å². The fourth-order valence-electron chi connectivity index (χ4n) is 2.07. The summed E-state index contributed by atoms with van der Waals surface area (Å²) in [6.07, 6.45) is 0.0120. The number of thiophene rings is 1. The lowest BCUT2D eigenvalue weighted by atomic mass is 10.2. The topological polar surface area (TPSA) is 41.6 Å². The van der Waals surface area contributed by atoms with E-state index in [2.05, 4.69) is 11.4 Å². The first-order valence-corrected chi connectivity index (χ1v) is 6.77. The third kappa shape index (κ3) is 2.68. The van der Waals surface area contributed by atoms with Gasteiger partial charge >= 0.3 is 0 Å². The minimum atomic E-state index is 0.0120. The summed E-state index contributed by atoms with van der Waals surface area (Å²) in [5.74, 6) is 0.149. The van der Waals surface area contributed by atoms with E-state index >= 15 is 0 Å². The standard InChI is InChI=1S/C12H18N2O2S/c1-3-16-8-9(2)14-11(15)7-13-12(14)10-5-4-6-17-10/h4-6,9,12-13H,3,7-8H2,1-2H3. The second kappa shape index (κ2) is 5.62. The van der Waals surface area contributed by atoms with Crippen molar-refractivity contribution in [3.05, 3.63) is 22.4 Å². The second-order valence-electron chi connectivity index (χ2n) is 4.11. The Bertz CT molecular complexity index is 367. The van der Waals surface area contributed by atoms with Crippen molar-refractivity contribution < 1.29 is 9.53 Å². The molecule has 1 aliphatic rings. The maximum Gasteiger partial charge on any atom is 0.238 e. The van der Waals surface area contributed by atoms with E-state index < -0.39 is 0 Å². The lowest BCUT2D eigenvalue weighted by molar-refractivity contribution is -0.131. The van der Waals surface area contributed by atoms with Crippen LogP contribution in [0.1, 0.15) is 24.9 Å². The van der Waals surface area contributed by atoms with Gasteiger partial charge in [-0.2, -0.15) is 0 Å². The van der Waals surface area contributed by atoms with Gasteiger partial charge in [-0.25, -0.2) is 0 Å². The van der Waals surface area contributed by atoms with Gasteiger partial charge in [0.05, 0.1) is 19.2 Å². The first-order chi connectivity index (χ1) is 8.24. The molecule has 0 saturated carbocycles. The van der Waals surface area contributed by atoms with Gasteiger partial charge in [0.1, 0.15) is 6.17 Å². The third-order valence-corrected chi connectivity index (χ3v) is 3.79. The average Bonchev–Trinajstić information content (AvgIpc) is 2.94. The summed E-state index contributed by atoms with van der Waals surface area (Å²) < 4.78 is 5.40. The normalized spacial score (nSPS) is 22.1. The van der Waals surface area contributed by atoms with Crippen LogP contribution in [0.4, 0.5) is 0 Å². The van der Waals surface area contributed by atoms with Gasteiger partial charge < -0.3 is 9.64 Å². The van der Waals surface area contributed by atoms with Crippen LogP contribution in [0.3, 0.4) is 0 Å². The van der Waals surface area contributed by atoms with Crippen molar-refractivity contribution in [2.45, 2.75) is 26.1 Å². The molecule has 1 aliphatic heterocycles. The van der Waals surface area contributed by atoms with Gasteiger partial charge in [0, 0.05) is 11.5 Å². The third-order valence-electron chi connectivity index (χ3n) is 2.86. The molecule has 94 valence electrons. The number of nitrogens with one attached hydrogen (secondary N) is 1. The Kier molecular flexibility index (Phi) is 4.15. The van der Waals surface area contributed by atoms with Crippen molar-refractivity contribution in [2.75, 3.05) is 19.8 Å². The highest BCUT2D eigenvalue weighted by Gasteiger charge is 2.35. The van der Waals surface area contributed by atoms with Gasteiger partial charge in [-0.05, 0) is 25.3 Å². The molecule has 0 radical (unpaired) electrons. The van der Waals surface area contributed by atoms with E-state index in [0.717, 1.165) is 0 Å². The van der Waals surface area contributed by atoms with Crippen LogP contribution >= 0.6 is 11.3 Å². The van der Waals surface area contributed by atoms with E-state index in [0.29, 0.717) is 19.8 Å². The molecule has 0 aliphatic carbocycles. The predicted octanol–water partition coefficient (Wildman–Crippen LogP) is 1.60. The molecule has 2 rings (SSSR count). The summed E-state index contributed by atoms with van der Waals surface area (Å²) in [7, 11) is 0. The zero-order chi connectivity index (χ0) is 12.3. The molecule has 1 N–H and O–H groups in total. The van der Waals surface area contributed by atoms with Crippen LogP contribution in [0.25, 0.3) is 0 Å². The SMILES string of the molecule is CCOCC(C)N1C(=O)CNC1c1cccs1. The van der Waals surface area contributed by atoms with Crippen LogP contribution in [-0.2, 0) is 9.53 Å². The number of carbonyl (C=O) groups is 1.